The number of amides is 1. The van der Waals surface area contributed by atoms with Crippen LogP contribution in [0.25, 0.3) is 0 Å². The Morgan fingerprint density at radius 1 is 1.38 bits per heavy atom. The summed E-state index contributed by atoms with van der Waals surface area (Å²) in [5, 5.41) is 3.05. The summed E-state index contributed by atoms with van der Waals surface area (Å²) < 4.78 is 1.95. The highest BCUT2D eigenvalue weighted by molar-refractivity contribution is 5.87. The van der Waals surface area contributed by atoms with Crippen molar-refractivity contribution < 1.29 is 4.79 Å². The second-order valence-corrected chi connectivity index (χ2v) is 5.88. The van der Waals surface area contributed by atoms with Crippen molar-refractivity contribution in [2.75, 3.05) is 5.73 Å². The van der Waals surface area contributed by atoms with E-state index in [9.17, 15) is 4.79 Å². The Hall–Kier alpha value is -2.30. The van der Waals surface area contributed by atoms with Crippen molar-refractivity contribution in [2.24, 2.45) is 0 Å². The summed E-state index contributed by atoms with van der Waals surface area (Å²) in [6.07, 6.45) is 5.36. The first-order chi connectivity index (χ1) is 9.89. The van der Waals surface area contributed by atoms with E-state index in [1.54, 1.807) is 12.5 Å². The Labute approximate surface area is 125 Å². The number of hydrogen-bond donors (Lipinski definition) is 2. The fraction of sp³-hybridized carbons (Fsp3) is 0.375. The zero-order valence-corrected chi connectivity index (χ0v) is 12.7. The van der Waals surface area contributed by atoms with Crippen molar-refractivity contribution in [3.63, 3.8) is 0 Å². The minimum atomic E-state index is -0.600. The van der Waals surface area contributed by atoms with Crippen LogP contribution < -0.4 is 11.1 Å². The third-order valence-electron chi connectivity index (χ3n) is 3.62. The summed E-state index contributed by atoms with van der Waals surface area (Å²) in [7, 11) is 0. The molecular weight excluding hydrogens is 264 g/mol. The Morgan fingerprint density at radius 2 is 2.05 bits per heavy atom. The molecular formula is C16H22N4O. The highest BCUT2D eigenvalue weighted by atomic mass is 16.2. The van der Waals surface area contributed by atoms with E-state index in [1.807, 2.05) is 55.8 Å². The minimum Gasteiger partial charge on any atom is -0.399 e. The topological polar surface area (TPSA) is 72.9 Å². The summed E-state index contributed by atoms with van der Waals surface area (Å²) >= 11 is 0. The average molecular weight is 286 g/mol. The van der Waals surface area contributed by atoms with Crippen LogP contribution in [0.5, 0.6) is 0 Å². The molecule has 0 bridgehead atoms. The van der Waals surface area contributed by atoms with Gasteiger partial charge in [-0.3, -0.25) is 4.79 Å². The van der Waals surface area contributed by atoms with Gasteiger partial charge in [0.1, 0.15) is 0 Å². The van der Waals surface area contributed by atoms with Crippen LogP contribution in [0.4, 0.5) is 5.69 Å². The Morgan fingerprint density at radius 3 is 2.62 bits per heavy atom. The number of carbonyl (C=O) groups excluding carboxylic acids is 1. The molecule has 112 valence electrons. The van der Waals surface area contributed by atoms with Gasteiger partial charge in [-0.2, -0.15) is 0 Å². The first kappa shape index (κ1) is 15.1. The Bertz CT molecular complexity index is 587. The van der Waals surface area contributed by atoms with Gasteiger partial charge in [0.05, 0.1) is 11.7 Å². The number of nitrogens with two attached hydrogens (primary N) is 1. The number of nitrogen functional groups attached to an aromatic ring is 1. The highest BCUT2D eigenvalue weighted by Crippen LogP contribution is 2.24. The smallest absolute Gasteiger partial charge is 0.230 e. The van der Waals surface area contributed by atoms with Gasteiger partial charge in [-0.05, 0) is 38.5 Å². The molecule has 1 heterocycles. The standard InChI is InChI=1S/C16H22N4O/c1-12(10-20-9-8-18-11-20)19-15(21)16(2,3)13-4-6-14(17)7-5-13/h4-9,11-12H,10,17H2,1-3H3,(H,19,21). The van der Waals surface area contributed by atoms with Gasteiger partial charge in [0.25, 0.3) is 0 Å². The van der Waals surface area contributed by atoms with Crippen molar-refractivity contribution >= 4 is 11.6 Å². The molecule has 1 aromatic carbocycles. The van der Waals surface area contributed by atoms with Gasteiger partial charge in [-0.15, -0.1) is 0 Å². The van der Waals surface area contributed by atoms with Gasteiger partial charge in [-0.25, -0.2) is 4.98 Å². The molecule has 1 amide bonds. The largest absolute Gasteiger partial charge is 0.399 e. The van der Waals surface area contributed by atoms with Crippen LogP contribution in [0.1, 0.15) is 26.3 Å². The third kappa shape index (κ3) is 3.62. The van der Waals surface area contributed by atoms with Crippen LogP contribution in [0.3, 0.4) is 0 Å². The first-order valence-corrected chi connectivity index (χ1v) is 7.02. The zero-order valence-electron chi connectivity index (χ0n) is 12.7. The predicted octanol–water partition coefficient (Wildman–Crippen LogP) is 1.95. The van der Waals surface area contributed by atoms with Gasteiger partial charge in [0, 0.05) is 30.7 Å². The van der Waals surface area contributed by atoms with E-state index in [4.69, 9.17) is 5.73 Å². The van der Waals surface area contributed by atoms with Gasteiger partial charge >= 0.3 is 0 Å². The molecule has 0 saturated carbocycles. The molecule has 1 atom stereocenters. The van der Waals surface area contributed by atoms with Crippen LogP contribution in [-0.2, 0) is 16.8 Å². The number of hydrogen-bond acceptors (Lipinski definition) is 3. The average Bonchev–Trinajstić information content (AvgIpc) is 2.91. The Kier molecular flexibility index (Phi) is 4.31. The van der Waals surface area contributed by atoms with Crippen LogP contribution in [0.15, 0.2) is 43.0 Å². The SMILES string of the molecule is CC(Cn1ccnc1)NC(=O)C(C)(C)c1ccc(N)cc1. The number of imidazole rings is 1. The second kappa shape index (κ2) is 5.99. The van der Waals surface area contributed by atoms with E-state index in [0.29, 0.717) is 12.2 Å². The van der Waals surface area contributed by atoms with E-state index < -0.39 is 5.41 Å². The maximum Gasteiger partial charge on any atom is 0.230 e. The van der Waals surface area contributed by atoms with Crippen molar-refractivity contribution in [1.82, 2.24) is 14.9 Å². The van der Waals surface area contributed by atoms with Crippen molar-refractivity contribution in [3.05, 3.63) is 48.5 Å². The van der Waals surface area contributed by atoms with E-state index in [0.717, 1.165) is 5.56 Å². The number of anilines is 1. The first-order valence-electron chi connectivity index (χ1n) is 7.02. The molecule has 5 nitrogen and oxygen atoms in total. The molecule has 0 saturated heterocycles. The lowest BCUT2D eigenvalue weighted by atomic mass is 9.83. The lowest BCUT2D eigenvalue weighted by Crippen LogP contribution is -2.45. The van der Waals surface area contributed by atoms with E-state index >= 15 is 0 Å². The van der Waals surface area contributed by atoms with Crippen LogP contribution in [-0.4, -0.2) is 21.5 Å². The monoisotopic (exact) mass is 286 g/mol. The number of rotatable bonds is 5. The van der Waals surface area contributed by atoms with E-state index in [1.165, 1.54) is 0 Å². The van der Waals surface area contributed by atoms with Gasteiger partial charge in [0.15, 0.2) is 0 Å². The van der Waals surface area contributed by atoms with Crippen molar-refractivity contribution in [1.29, 1.82) is 0 Å². The van der Waals surface area contributed by atoms with Crippen molar-refractivity contribution in [3.8, 4) is 0 Å². The molecule has 1 unspecified atom stereocenters. The second-order valence-electron chi connectivity index (χ2n) is 5.88. The molecule has 0 fully saturated rings. The minimum absolute atomic E-state index is 0.000105. The van der Waals surface area contributed by atoms with E-state index in [-0.39, 0.29) is 11.9 Å². The number of nitrogens with one attached hydrogen (secondary N) is 1. The van der Waals surface area contributed by atoms with Gasteiger partial charge in [0.2, 0.25) is 5.91 Å². The fourth-order valence-corrected chi connectivity index (χ4v) is 2.19. The Balaban J connectivity index is 2.02. The highest BCUT2D eigenvalue weighted by Gasteiger charge is 2.30. The van der Waals surface area contributed by atoms with Gasteiger partial charge < -0.3 is 15.6 Å². The molecule has 2 aromatic rings. The van der Waals surface area contributed by atoms with Crippen LogP contribution in [0.2, 0.25) is 0 Å². The lowest BCUT2D eigenvalue weighted by molar-refractivity contribution is -0.126. The number of benzene rings is 1. The summed E-state index contributed by atoms with van der Waals surface area (Å²) in [5.41, 5.74) is 6.74. The fourth-order valence-electron chi connectivity index (χ4n) is 2.19. The quantitative estimate of drug-likeness (QED) is 0.825. The molecule has 3 N–H and O–H groups in total. The third-order valence-corrected chi connectivity index (χ3v) is 3.62. The zero-order chi connectivity index (χ0) is 15.5. The predicted molar refractivity (Wildman–Crippen MR) is 83.7 cm³/mol. The normalized spacial score (nSPS) is 12.9. The summed E-state index contributed by atoms with van der Waals surface area (Å²) in [6, 6.07) is 7.46. The van der Waals surface area contributed by atoms with Crippen LogP contribution >= 0.6 is 0 Å². The molecule has 5 heteroatoms. The van der Waals surface area contributed by atoms with Crippen LogP contribution in [0, 0.1) is 0 Å². The molecule has 0 aliphatic heterocycles. The molecule has 0 aliphatic carbocycles. The number of nitrogens with zero attached hydrogens (tertiary/aromatic N) is 2. The summed E-state index contributed by atoms with van der Waals surface area (Å²) in [6.45, 7) is 6.51. The lowest BCUT2D eigenvalue weighted by Gasteiger charge is -2.26. The van der Waals surface area contributed by atoms with Gasteiger partial charge in [-0.1, -0.05) is 12.1 Å². The maximum atomic E-state index is 12.5. The molecule has 0 radical (unpaired) electrons. The summed E-state index contributed by atoms with van der Waals surface area (Å²) in [5.74, 6) is -0.000105. The number of aromatic nitrogens is 2. The molecule has 1 aromatic heterocycles. The maximum absolute atomic E-state index is 12.5. The van der Waals surface area contributed by atoms with E-state index in [2.05, 4.69) is 10.3 Å². The molecule has 0 spiro atoms. The van der Waals surface area contributed by atoms with Crippen molar-refractivity contribution in [2.45, 2.75) is 38.8 Å². The molecule has 21 heavy (non-hydrogen) atoms. The molecule has 2 rings (SSSR count). The summed E-state index contributed by atoms with van der Waals surface area (Å²) in [4.78, 5) is 16.5. The number of carbonyl (C=O) groups is 1. The molecule has 0 aliphatic rings.